The van der Waals surface area contributed by atoms with E-state index in [0.29, 0.717) is 18.0 Å². The third-order valence-corrected chi connectivity index (χ3v) is 2.82. The molecular weight excluding hydrogens is 254 g/mol. The third kappa shape index (κ3) is 3.71. The van der Waals surface area contributed by atoms with Crippen molar-refractivity contribution < 1.29 is 9.53 Å². The van der Waals surface area contributed by atoms with Crippen molar-refractivity contribution in [3.8, 4) is 5.75 Å². The minimum absolute atomic E-state index is 0.0441. The van der Waals surface area contributed by atoms with Crippen LogP contribution in [0, 0.1) is 0 Å². The van der Waals surface area contributed by atoms with Gasteiger partial charge in [-0.25, -0.2) is 0 Å². The lowest BCUT2D eigenvalue weighted by molar-refractivity contribution is -0.132. The first-order chi connectivity index (χ1) is 9.66. The van der Waals surface area contributed by atoms with Crippen molar-refractivity contribution in [3.05, 3.63) is 54.4 Å². The Hall–Kier alpha value is -2.56. The van der Waals surface area contributed by atoms with Crippen LogP contribution in [0.5, 0.6) is 5.75 Å². The quantitative estimate of drug-likeness (QED) is 0.840. The number of likely N-dealkylation sites (N-methyl/N-ethyl adjacent to an activating group) is 1. The molecule has 1 heterocycles. The number of hydrogen-bond donors (Lipinski definition) is 1. The number of nitrogen functional groups attached to an aromatic ring is 1. The number of anilines is 1. The van der Waals surface area contributed by atoms with Gasteiger partial charge >= 0.3 is 0 Å². The smallest absolute Gasteiger partial charge is 0.260 e. The van der Waals surface area contributed by atoms with Crippen molar-refractivity contribution in [2.45, 2.75) is 6.54 Å². The van der Waals surface area contributed by atoms with Gasteiger partial charge in [0, 0.05) is 13.2 Å². The molecule has 0 saturated carbocycles. The Morgan fingerprint density at radius 2 is 2.00 bits per heavy atom. The maximum absolute atomic E-state index is 12.0. The topological polar surface area (TPSA) is 68.5 Å². The molecule has 1 amide bonds. The molecule has 0 aliphatic heterocycles. The number of para-hydroxylation sites is 2. The highest BCUT2D eigenvalue weighted by Gasteiger charge is 2.11. The largest absolute Gasteiger partial charge is 0.482 e. The molecule has 104 valence electrons. The molecular formula is C15H17N3O2. The molecule has 0 fully saturated rings. The Morgan fingerprint density at radius 1 is 1.25 bits per heavy atom. The van der Waals surface area contributed by atoms with E-state index < -0.39 is 0 Å². The molecule has 5 nitrogen and oxygen atoms in total. The first kappa shape index (κ1) is 13.9. The van der Waals surface area contributed by atoms with E-state index in [-0.39, 0.29) is 12.5 Å². The zero-order valence-electron chi connectivity index (χ0n) is 11.3. The molecule has 0 aliphatic rings. The van der Waals surface area contributed by atoms with Crippen LogP contribution in [0.4, 0.5) is 5.69 Å². The predicted molar refractivity (Wildman–Crippen MR) is 77.1 cm³/mol. The Bertz CT molecular complexity index is 572. The molecule has 0 unspecified atom stereocenters. The normalized spacial score (nSPS) is 10.1. The van der Waals surface area contributed by atoms with E-state index in [4.69, 9.17) is 10.5 Å². The predicted octanol–water partition coefficient (Wildman–Crippen LogP) is 1.70. The van der Waals surface area contributed by atoms with E-state index in [0.717, 1.165) is 5.69 Å². The van der Waals surface area contributed by atoms with Gasteiger partial charge in [-0.05, 0) is 24.3 Å². The van der Waals surface area contributed by atoms with E-state index in [2.05, 4.69) is 4.98 Å². The summed E-state index contributed by atoms with van der Waals surface area (Å²) in [5.41, 5.74) is 7.10. The summed E-state index contributed by atoms with van der Waals surface area (Å²) in [5.74, 6) is 0.394. The molecule has 5 heteroatoms. The molecule has 0 spiro atoms. The van der Waals surface area contributed by atoms with Crippen LogP contribution >= 0.6 is 0 Å². The Kier molecular flexibility index (Phi) is 4.55. The van der Waals surface area contributed by atoms with Crippen molar-refractivity contribution in [3.63, 3.8) is 0 Å². The highest BCUT2D eigenvalue weighted by Crippen LogP contribution is 2.19. The monoisotopic (exact) mass is 271 g/mol. The SMILES string of the molecule is CN(Cc1ccccn1)C(=O)COc1ccccc1N. The molecule has 0 aliphatic carbocycles. The number of aromatic nitrogens is 1. The number of benzene rings is 1. The molecule has 2 aromatic rings. The lowest BCUT2D eigenvalue weighted by Crippen LogP contribution is -2.31. The van der Waals surface area contributed by atoms with Gasteiger partial charge in [-0.3, -0.25) is 9.78 Å². The fourth-order valence-corrected chi connectivity index (χ4v) is 1.68. The number of ether oxygens (including phenoxy) is 1. The number of carbonyl (C=O) groups excluding carboxylic acids is 1. The standard InChI is InChI=1S/C15H17N3O2/c1-18(10-12-6-4-5-9-17-12)15(19)11-20-14-8-3-2-7-13(14)16/h2-9H,10-11,16H2,1H3. The number of nitrogens with zero attached hydrogens (tertiary/aromatic N) is 2. The van der Waals surface area contributed by atoms with Gasteiger partial charge in [-0.2, -0.15) is 0 Å². The van der Waals surface area contributed by atoms with Gasteiger partial charge in [-0.1, -0.05) is 18.2 Å². The number of nitrogens with two attached hydrogens (primary N) is 1. The van der Waals surface area contributed by atoms with Crippen LogP contribution in [0.2, 0.25) is 0 Å². The average Bonchev–Trinajstić information content (AvgIpc) is 2.47. The van der Waals surface area contributed by atoms with Crippen molar-refractivity contribution in [2.24, 2.45) is 0 Å². The van der Waals surface area contributed by atoms with Crippen LogP contribution in [0.25, 0.3) is 0 Å². The van der Waals surface area contributed by atoms with Crippen LogP contribution in [-0.2, 0) is 11.3 Å². The average molecular weight is 271 g/mol. The molecule has 2 rings (SSSR count). The van der Waals surface area contributed by atoms with Crippen molar-refractivity contribution in [1.29, 1.82) is 0 Å². The van der Waals surface area contributed by atoms with E-state index in [1.165, 1.54) is 0 Å². The summed E-state index contributed by atoms with van der Waals surface area (Å²) >= 11 is 0. The van der Waals surface area contributed by atoms with Gasteiger partial charge < -0.3 is 15.4 Å². The summed E-state index contributed by atoms with van der Waals surface area (Å²) in [6, 6.07) is 12.7. The molecule has 2 N–H and O–H groups in total. The maximum Gasteiger partial charge on any atom is 0.260 e. The minimum Gasteiger partial charge on any atom is -0.482 e. The van der Waals surface area contributed by atoms with E-state index in [9.17, 15) is 4.79 Å². The molecule has 0 atom stereocenters. The first-order valence-corrected chi connectivity index (χ1v) is 6.28. The van der Waals surface area contributed by atoms with Crippen LogP contribution < -0.4 is 10.5 Å². The number of rotatable bonds is 5. The van der Waals surface area contributed by atoms with Crippen LogP contribution in [0.1, 0.15) is 5.69 Å². The number of amides is 1. The lowest BCUT2D eigenvalue weighted by Gasteiger charge is -2.17. The van der Waals surface area contributed by atoms with Crippen molar-refractivity contribution >= 4 is 11.6 Å². The van der Waals surface area contributed by atoms with Crippen molar-refractivity contribution in [1.82, 2.24) is 9.88 Å². The van der Waals surface area contributed by atoms with E-state index in [1.54, 1.807) is 30.3 Å². The number of carbonyl (C=O) groups is 1. The molecule has 1 aromatic carbocycles. The number of hydrogen-bond acceptors (Lipinski definition) is 4. The Labute approximate surface area is 118 Å². The first-order valence-electron chi connectivity index (χ1n) is 6.28. The summed E-state index contributed by atoms with van der Waals surface area (Å²) in [4.78, 5) is 17.7. The lowest BCUT2D eigenvalue weighted by atomic mass is 10.3. The van der Waals surface area contributed by atoms with Crippen LogP contribution in [-0.4, -0.2) is 29.4 Å². The van der Waals surface area contributed by atoms with Gasteiger partial charge in [0.05, 0.1) is 17.9 Å². The van der Waals surface area contributed by atoms with Gasteiger partial charge in [0.1, 0.15) is 5.75 Å². The highest BCUT2D eigenvalue weighted by atomic mass is 16.5. The summed E-state index contributed by atoms with van der Waals surface area (Å²) in [6.45, 7) is 0.408. The zero-order chi connectivity index (χ0) is 14.4. The van der Waals surface area contributed by atoms with Crippen molar-refractivity contribution in [2.75, 3.05) is 19.4 Å². The second-order valence-corrected chi connectivity index (χ2v) is 4.40. The Balaban J connectivity index is 1.87. The molecule has 20 heavy (non-hydrogen) atoms. The van der Waals surface area contributed by atoms with Gasteiger partial charge in [0.25, 0.3) is 5.91 Å². The Morgan fingerprint density at radius 3 is 2.70 bits per heavy atom. The second kappa shape index (κ2) is 6.56. The second-order valence-electron chi connectivity index (χ2n) is 4.40. The zero-order valence-corrected chi connectivity index (χ0v) is 11.3. The van der Waals surface area contributed by atoms with E-state index in [1.807, 2.05) is 30.3 Å². The minimum atomic E-state index is -0.126. The highest BCUT2D eigenvalue weighted by molar-refractivity contribution is 5.77. The summed E-state index contributed by atoms with van der Waals surface area (Å²) < 4.78 is 5.42. The van der Waals surface area contributed by atoms with E-state index >= 15 is 0 Å². The maximum atomic E-state index is 12.0. The fourth-order valence-electron chi connectivity index (χ4n) is 1.68. The van der Waals surface area contributed by atoms with Gasteiger partial charge in [0.2, 0.25) is 0 Å². The summed E-state index contributed by atoms with van der Waals surface area (Å²) in [5, 5.41) is 0. The molecule has 0 bridgehead atoms. The third-order valence-electron chi connectivity index (χ3n) is 2.82. The molecule has 0 radical (unpaired) electrons. The summed E-state index contributed by atoms with van der Waals surface area (Å²) in [6.07, 6.45) is 1.70. The summed E-state index contributed by atoms with van der Waals surface area (Å²) in [7, 11) is 1.72. The molecule has 0 saturated heterocycles. The van der Waals surface area contributed by atoms with Gasteiger partial charge in [0.15, 0.2) is 6.61 Å². The van der Waals surface area contributed by atoms with Gasteiger partial charge in [-0.15, -0.1) is 0 Å². The van der Waals surface area contributed by atoms with Crippen LogP contribution in [0.15, 0.2) is 48.7 Å². The number of pyridine rings is 1. The molecule has 1 aromatic heterocycles. The fraction of sp³-hybridized carbons (Fsp3) is 0.200. The van der Waals surface area contributed by atoms with Crippen LogP contribution in [0.3, 0.4) is 0 Å².